The average molecular weight is 234 g/mol. The first kappa shape index (κ1) is 11.2. The number of hydrogen-bond acceptors (Lipinski definition) is 3. The number of fused-ring (bicyclic) bond motifs is 1. The molecule has 0 spiro atoms. The first-order chi connectivity index (χ1) is 8.25. The van der Waals surface area contributed by atoms with E-state index in [0.29, 0.717) is 6.04 Å². The van der Waals surface area contributed by atoms with Crippen molar-refractivity contribution in [2.24, 2.45) is 0 Å². The Balaban J connectivity index is 1.69. The quantitative estimate of drug-likeness (QED) is 0.844. The van der Waals surface area contributed by atoms with Crippen molar-refractivity contribution in [1.29, 1.82) is 0 Å². The highest BCUT2D eigenvalue weighted by atomic mass is 15.2. The van der Waals surface area contributed by atoms with E-state index in [1.165, 1.54) is 24.2 Å². The molecule has 4 heteroatoms. The monoisotopic (exact) mass is 234 g/mol. The van der Waals surface area contributed by atoms with Crippen LogP contribution in [0.25, 0.3) is 0 Å². The van der Waals surface area contributed by atoms with Gasteiger partial charge in [0, 0.05) is 43.8 Å². The second-order valence-corrected chi connectivity index (χ2v) is 5.46. The van der Waals surface area contributed by atoms with Gasteiger partial charge in [0.25, 0.3) is 0 Å². The standard InChI is InChI=1S/C13H22N4/c1-10(16(2)11-3-4-11)8-17-9-15-12-7-14-6-5-13(12)17/h9-11,14H,3-8H2,1-2H3. The van der Waals surface area contributed by atoms with Crippen LogP contribution in [0.2, 0.25) is 0 Å². The summed E-state index contributed by atoms with van der Waals surface area (Å²) in [5.74, 6) is 0. The summed E-state index contributed by atoms with van der Waals surface area (Å²) < 4.78 is 2.36. The first-order valence-corrected chi connectivity index (χ1v) is 6.71. The average Bonchev–Trinajstić information content (AvgIpc) is 3.12. The Kier molecular flexibility index (Phi) is 2.92. The van der Waals surface area contributed by atoms with Crippen LogP contribution in [0.3, 0.4) is 0 Å². The molecule has 1 unspecified atom stereocenters. The van der Waals surface area contributed by atoms with E-state index in [-0.39, 0.29) is 0 Å². The summed E-state index contributed by atoms with van der Waals surface area (Å²) in [6.45, 7) is 5.43. The van der Waals surface area contributed by atoms with Crippen molar-refractivity contribution in [3.63, 3.8) is 0 Å². The van der Waals surface area contributed by atoms with Gasteiger partial charge in [-0.05, 0) is 26.8 Å². The van der Waals surface area contributed by atoms with Crippen molar-refractivity contribution >= 4 is 0 Å². The van der Waals surface area contributed by atoms with Crippen molar-refractivity contribution in [2.45, 2.75) is 51.4 Å². The van der Waals surface area contributed by atoms with Gasteiger partial charge in [-0.15, -0.1) is 0 Å². The zero-order valence-corrected chi connectivity index (χ0v) is 10.8. The van der Waals surface area contributed by atoms with Crippen LogP contribution in [0.4, 0.5) is 0 Å². The first-order valence-electron chi connectivity index (χ1n) is 6.71. The molecule has 1 saturated carbocycles. The Morgan fingerprint density at radius 3 is 3.18 bits per heavy atom. The van der Waals surface area contributed by atoms with Gasteiger partial charge >= 0.3 is 0 Å². The topological polar surface area (TPSA) is 33.1 Å². The Hall–Kier alpha value is -0.870. The molecule has 94 valence electrons. The zero-order chi connectivity index (χ0) is 11.8. The minimum Gasteiger partial charge on any atom is -0.333 e. The minimum atomic E-state index is 0.607. The van der Waals surface area contributed by atoms with E-state index in [1.54, 1.807) is 0 Å². The molecule has 2 aliphatic rings. The van der Waals surface area contributed by atoms with Crippen molar-refractivity contribution in [2.75, 3.05) is 13.6 Å². The molecule has 0 radical (unpaired) electrons. The predicted octanol–water partition coefficient (Wildman–Crippen LogP) is 1.01. The van der Waals surface area contributed by atoms with E-state index in [0.717, 1.165) is 32.1 Å². The smallest absolute Gasteiger partial charge is 0.0952 e. The fourth-order valence-electron chi connectivity index (χ4n) is 2.71. The fourth-order valence-corrected chi connectivity index (χ4v) is 2.71. The minimum absolute atomic E-state index is 0.607. The van der Waals surface area contributed by atoms with Gasteiger partial charge in [-0.1, -0.05) is 0 Å². The number of nitrogens with zero attached hydrogens (tertiary/aromatic N) is 3. The lowest BCUT2D eigenvalue weighted by Gasteiger charge is -2.26. The third kappa shape index (κ3) is 2.24. The summed E-state index contributed by atoms with van der Waals surface area (Å²) in [6, 6.07) is 1.45. The predicted molar refractivity (Wildman–Crippen MR) is 67.9 cm³/mol. The van der Waals surface area contributed by atoms with Crippen molar-refractivity contribution < 1.29 is 0 Å². The maximum absolute atomic E-state index is 4.51. The molecule has 1 aromatic rings. The Bertz CT molecular complexity index is 394. The molecule has 1 aromatic heterocycles. The lowest BCUT2D eigenvalue weighted by molar-refractivity contribution is 0.224. The second-order valence-electron chi connectivity index (χ2n) is 5.46. The number of hydrogen-bond donors (Lipinski definition) is 1. The van der Waals surface area contributed by atoms with E-state index < -0.39 is 0 Å². The molecule has 0 aromatic carbocycles. The molecule has 4 nitrogen and oxygen atoms in total. The summed E-state index contributed by atoms with van der Waals surface area (Å²) in [4.78, 5) is 7.03. The molecule has 0 saturated heterocycles. The Morgan fingerprint density at radius 2 is 2.41 bits per heavy atom. The van der Waals surface area contributed by atoms with Gasteiger partial charge < -0.3 is 9.88 Å². The third-order valence-electron chi connectivity index (χ3n) is 4.14. The SMILES string of the molecule is CC(Cn1cnc2c1CCNC2)N(C)C1CC1. The van der Waals surface area contributed by atoms with Crippen LogP contribution in [0.5, 0.6) is 0 Å². The van der Waals surface area contributed by atoms with Gasteiger partial charge in [-0.2, -0.15) is 0 Å². The van der Waals surface area contributed by atoms with E-state index in [2.05, 4.69) is 33.7 Å². The summed E-state index contributed by atoms with van der Waals surface area (Å²) >= 11 is 0. The number of imidazole rings is 1. The van der Waals surface area contributed by atoms with E-state index in [4.69, 9.17) is 0 Å². The molecule has 2 heterocycles. The van der Waals surface area contributed by atoms with Crippen molar-refractivity contribution in [3.8, 4) is 0 Å². The van der Waals surface area contributed by atoms with Gasteiger partial charge in [0.1, 0.15) is 0 Å². The second kappa shape index (κ2) is 4.42. The molecule has 1 aliphatic carbocycles. The van der Waals surface area contributed by atoms with Crippen LogP contribution in [0.15, 0.2) is 6.33 Å². The highest BCUT2D eigenvalue weighted by molar-refractivity contribution is 5.16. The van der Waals surface area contributed by atoms with Crippen LogP contribution < -0.4 is 5.32 Å². The summed E-state index contributed by atoms with van der Waals surface area (Å²) in [7, 11) is 2.26. The van der Waals surface area contributed by atoms with E-state index >= 15 is 0 Å². The normalized spacial score (nSPS) is 21.6. The molecule has 1 N–H and O–H groups in total. The van der Waals surface area contributed by atoms with Crippen molar-refractivity contribution in [1.82, 2.24) is 19.8 Å². The highest BCUT2D eigenvalue weighted by Crippen LogP contribution is 2.27. The highest BCUT2D eigenvalue weighted by Gasteiger charge is 2.29. The molecular formula is C13H22N4. The zero-order valence-electron chi connectivity index (χ0n) is 10.8. The Morgan fingerprint density at radius 1 is 1.59 bits per heavy atom. The van der Waals surface area contributed by atoms with E-state index in [9.17, 15) is 0 Å². The summed E-state index contributed by atoms with van der Waals surface area (Å²) in [6.07, 6.45) is 5.91. The number of rotatable bonds is 4. The molecule has 17 heavy (non-hydrogen) atoms. The number of nitrogens with one attached hydrogen (secondary N) is 1. The maximum Gasteiger partial charge on any atom is 0.0952 e. The molecule has 1 fully saturated rings. The summed E-state index contributed by atoms with van der Waals surface area (Å²) in [5, 5.41) is 3.37. The largest absolute Gasteiger partial charge is 0.333 e. The lowest BCUT2D eigenvalue weighted by Crippen LogP contribution is -2.35. The molecule has 1 atom stereocenters. The third-order valence-corrected chi connectivity index (χ3v) is 4.14. The Labute approximate surface area is 103 Å². The molecular weight excluding hydrogens is 212 g/mol. The van der Waals surface area contributed by atoms with Gasteiger partial charge in [0.15, 0.2) is 0 Å². The molecule has 0 bridgehead atoms. The number of aromatic nitrogens is 2. The molecule has 3 rings (SSSR count). The lowest BCUT2D eigenvalue weighted by atomic mass is 10.1. The molecule has 0 amide bonds. The van der Waals surface area contributed by atoms with Crippen LogP contribution in [0.1, 0.15) is 31.2 Å². The van der Waals surface area contributed by atoms with Crippen molar-refractivity contribution in [3.05, 3.63) is 17.7 Å². The number of likely N-dealkylation sites (N-methyl/N-ethyl adjacent to an activating group) is 1. The van der Waals surface area contributed by atoms with Crippen LogP contribution in [-0.4, -0.2) is 40.1 Å². The molecule has 1 aliphatic heterocycles. The van der Waals surface area contributed by atoms with Crippen LogP contribution in [-0.2, 0) is 19.5 Å². The van der Waals surface area contributed by atoms with Crippen LogP contribution in [0, 0.1) is 0 Å². The van der Waals surface area contributed by atoms with Gasteiger partial charge in [0.2, 0.25) is 0 Å². The summed E-state index contributed by atoms with van der Waals surface area (Å²) in [5.41, 5.74) is 2.69. The fraction of sp³-hybridized carbons (Fsp3) is 0.769. The van der Waals surface area contributed by atoms with E-state index in [1.807, 2.05) is 6.33 Å². The van der Waals surface area contributed by atoms with Gasteiger partial charge in [-0.25, -0.2) is 4.98 Å². The van der Waals surface area contributed by atoms with Gasteiger partial charge in [-0.3, -0.25) is 4.90 Å². The van der Waals surface area contributed by atoms with Gasteiger partial charge in [0.05, 0.1) is 12.0 Å². The van der Waals surface area contributed by atoms with Crippen LogP contribution >= 0.6 is 0 Å². The maximum atomic E-state index is 4.51.